The second-order valence-corrected chi connectivity index (χ2v) is 7.04. The van der Waals surface area contributed by atoms with Crippen LogP contribution in [0.2, 0.25) is 5.02 Å². The van der Waals surface area contributed by atoms with E-state index in [1.807, 2.05) is 18.2 Å². The van der Waals surface area contributed by atoms with Gasteiger partial charge in [0.15, 0.2) is 0 Å². The summed E-state index contributed by atoms with van der Waals surface area (Å²) in [6, 6.07) is 9.32. The molecule has 21 heavy (non-hydrogen) atoms. The van der Waals surface area contributed by atoms with E-state index in [1.54, 1.807) is 18.3 Å². The van der Waals surface area contributed by atoms with Crippen molar-refractivity contribution in [3.63, 3.8) is 0 Å². The topological polar surface area (TPSA) is 34.2 Å². The predicted molar refractivity (Wildman–Crippen MR) is 90.1 cm³/mol. The predicted octanol–water partition coefficient (Wildman–Crippen LogP) is 5.18. The summed E-state index contributed by atoms with van der Waals surface area (Å²) in [5.74, 6) is 1.28. The van der Waals surface area contributed by atoms with Crippen molar-refractivity contribution < 1.29 is 4.74 Å². The molecule has 1 aromatic carbocycles. The van der Waals surface area contributed by atoms with Gasteiger partial charge >= 0.3 is 0 Å². The lowest BCUT2D eigenvalue weighted by molar-refractivity contribution is 0.409. The summed E-state index contributed by atoms with van der Waals surface area (Å²) in [6.45, 7) is 7.07. The van der Waals surface area contributed by atoms with Gasteiger partial charge in [0.2, 0.25) is 5.88 Å². The molecule has 0 saturated heterocycles. The number of hydrogen-bond donors (Lipinski definition) is 1. The van der Waals surface area contributed by atoms with E-state index >= 15 is 0 Å². The SMILES string of the molecule is CC(C)(C)NCc1cccnc1Oc1ccc(Cl)cc1Br. The highest BCUT2D eigenvalue weighted by Crippen LogP contribution is 2.32. The van der Waals surface area contributed by atoms with Gasteiger partial charge < -0.3 is 10.1 Å². The Bertz CT molecular complexity index is 626. The molecule has 0 aliphatic rings. The van der Waals surface area contributed by atoms with Gasteiger partial charge in [-0.05, 0) is 61.0 Å². The number of aromatic nitrogens is 1. The molecule has 0 bridgehead atoms. The van der Waals surface area contributed by atoms with Gasteiger partial charge in [-0.25, -0.2) is 4.98 Å². The Morgan fingerprint density at radius 1 is 1.29 bits per heavy atom. The molecule has 2 rings (SSSR count). The first kappa shape index (κ1) is 16.3. The summed E-state index contributed by atoms with van der Waals surface area (Å²) in [4.78, 5) is 4.32. The van der Waals surface area contributed by atoms with Gasteiger partial charge in [-0.15, -0.1) is 0 Å². The molecule has 0 radical (unpaired) electrons. The number of pyridine rings is 1. The first-order valence-corrected chi connectivity index (χ1v) is 7.84. The molecule has 0 saturated carbocycles. The zero-order valence-corrected chi connectivity index (χ0v) is 14.6. The second kappa shape index (κ2) is 6.77. The highest BCUT2D eigenvalue weighted by molar-refractivity contribution is 9.10. The third kappa shape index (κ3) is 4.99. The molecule has 1 N–H and O–H groups in total. The van der Waals surface area contributed by atoms with Gasteiger partial charge in [-0.1, -0.05) is 17.7 Å². The fourth-order valence-corrected chi connectivity index (χ4v) is 2.44. The van der Waals surface area contributed by atoms with Gasteiger partial charge in [0.25, 0.3) is 0 Å². The van der Waals surface area contributed by atoms with E-state index in [9.17, 15) is 0 Å². The van der Waals surface area contributed by atoms with Gasteiger partial charge in [-0.2, -0.15) is 0 Å². The molecule has 1 heterocycles. The van der Waals surface area contributed by atoms with E-state index in [4.69, 9.17) is 16.3 Å². The number of nitrogens with zero attached hydrogens (tertiary/aromatic N) is 1. The standard InChI is InChI=1S/C16H18BrClN2O/c1-16(2,3)20-10-11-5-4-8-19-15(11)21-14-7-6-12(18)9-13(14)17/h4-9,20H,10H2,1-3H3. The molecule has 5 heteroatoms. The van der Waals surface area contributed by atoms with Crippen molar-refractivity contribution in [3.8, 4) is 11.6 Å². The largest absolute Gasteiger partial charge is 0.438 e. The van der Waals surface area contributed by atoms with Crippen molar-refractivity contribution >= 4 is 27.5 Å². The normalized spacial score (nSPS) is 11.5. The van der Waals surface area contributed by atoms with E-state index in [-0.39, 0.29) is 5.54 Å². The molecule has 0 aliphatic heterocycles. The van der Waals surface area contributed by atoms with Crippen LogP contribution in [0.5, 0.6) is 11.6 Å². The molecule has 0 spiro atoms. The lowest BCUT2D eigenvalue weighted by atomic mass is 10.1. The van der Waals surface area contributed by atoms with Crippen molar-refractivity contribution in [2.24, 2.45) is 0 Å². The fraction of sp³-hybridized carbons (Fsp3) is 0.312. The number of rotatable bonds is 4. The molecule has 3 nitrogen and oxygen atoms in total. The summed E-state index contributed by atoms with van der Waals surface area (Å²) in [7, 11) is 0. The first-order chi connectivity index (χ1) is 9.85. The van der Waals surface area contributed by atoms with Crippen molar-refractivity contribution in [3.05, 3.63) is 51.6 Å². The van der Waals surface area contributed by atoms with E-state index < -0.39 is 0 Å². The van der Waals surface area contributed by atoms with Crippen molar-refractivity contribution in [2.75, 3.05) is 0 Å². The van der Waals surface area contributed by atoms with Crippen LogP contribution in [0.25, 0.3) is 0 Å². The smallest absolute Gasteiger partial charge is 0.223 e. The average Bonchev–Trinajstić information content (AvgIpc) is 2.40. The molecular formula is C16H18BrClN2O. The Morgan fingerprint density at radius 3 is 2.71 bits per heavy atom. The third-order valence-corrected chi connectivity index (χ3v) is 3.61. The minimum atomic E-state index is 0.0357. The molecule has 112 valence electrons. The van der Waals surface area contributed by atoms with E-state index in [1.165, 1.54) is 0 Å². The van der Waals surface area contributed by atoms with Crippen molar-refractivity contribution in [1.29, 1.82) is 0 Å². The van der Waals surface area contributed by atoms with Crippen LogP contribution in [0.3, 0.4) is 0 Å². The number of ether oxygens (including phenoxy) is 1. The molecular weight excluding hydrogens is 352 g/mol. The average molecular weight is 370 g/mol. The van der Waals surface area contributed by atoms with Crippen LogP contribution in [0, 0.1) is 0 Å². The maximum atomic E-state index is 5.94. The van der Waals surface area contributed by atoms with Crippen molar-refractivity contribution in [2.45, 2.75) is 32.9 Å². The highest BCUT2D eigenvalue weighted by atomic mass is 79.9. The summed E-state index contributed by atoms with van der Waals surface area (Å²) in [6.07, 6.45) is 1.72. The Kier molecular flexibility index (Phi) is 5.25. The summed E-state index contributed by atoms with van der Waals surface area (Å²) in [5, 5.41) is 4.09. The Morgan fingerprint density at radius 2 is 2.05 bits per heavy atom. The number of hydrogen-bond acceptors (Lipinski definition) is 3. The van der Waals surface area contributed by atoms with Crippen LogP contribution in [0.15, 0.2) is 41.0 Å². The molecule has 0 atom stereocenters. The Balaban J connectivity index is 2.20. The third-order valence-electron chi connectivity index (χ3n) is 2.76. The monoisotopic (exact) mass is 368 g/mol. The maximum Gasteiger partial charge on any atom is 0.223 e. The molecule has 1 aromatic heterocycles. The summed E-state index contributed by atoms with van der Waals surface area (Å²) < 4.78 is 6.71. The zero-order chi connectivity index (χ0) is 15.5. The zero-order valence-electron chi connectivity index (χ0n) is 12.3. The number of nitrogens with one attached hydrogen (secondary N) is 1. The lowest BCUT2D eigenvalue weighted by Gasteiger charge is -2.21. The van der Waals surface area contributed by atoms with Crippen LogP contribution in [-0.4, -0.2) is 10.5 Å². The lowest BCUT2D eigenvalue weighted by Crippen LogP contribution is -2.35. The molecule has 0 unspecified atom stereocenters. The van der Waals surface area contributed by atoms with Crippen LogP contribution in [0.1, 0.15) is 26.3 Å². The van der Waals surface area contributed by atoms with Crippen molar-refractivity contribution in [1.82, 2.24) is 10.3 Å². The molecule has 0 aliphatic carbocycles. The van der Waals surface area contributed by atoms with Crippen LogP contribution < -0.4 is 10.1 Å². The first-order valence-electron chi connectivity index (χ1n) is 6.67. The Hall–Kier alpha value is -1.10. The molecule has 0 amide bonds. The van der Waals surface area contributed by atoms with Gasteiger partial charge in [-0.3, -0.25) is 0 Å². The Labute approximate surface area is 138 Å². The van der Waals surface area contributed by atoms with Crippen LogP contribution in [0.4, 0.5) is 0 Å². The van der Waals surface area contributed by atoms with Gasteiger partial charge in [0.05, 0.1) is 4.47 Å². The number of benzene rings is 1. The molecule has 0 fully saturated rings. The fourth-order valence-electron chi connectivity index (χ4n) is 1.67. The van der Waals surface area contributed by atoms with E-state index in [0.717, 1.165) is 10.0 Å². The number of halogens is 2. The van der Waals surface area contributed by atoms with Gasteiger partial charge in [0, 0.05) is 28.9 Å². The minimum Gasteiger partial charge on any atom is -0.438 e. The quantitative estimate of drug-likeness (QED) is 0.806. The maximum absolute atomic E-state index is 5.94. The second-order valence-electron chi connectivity index (χ2n) is 5.75. The van der Waals surface area contributed by atoms with Gasteiger partial charge in [0.1, 0.15) is 5.75 Å². The summed E-state index contributed by atoms with van der Waals surface area (Å²) >= 11 is 9.39. The van der Waals surface area contributed by atoms with Crippen LogP contribution >= 0.6 is 27.5 Å². The van der Waals surface area contributed by atoms with E-state index in [2.05, 4.69) is 47.0 Å². The van der Waals surface area contributed by atoms with Crippen LogP contribution in [-0.2, 0) is 6.54 Å². The minimum absolute atomic E-state index is 0.0357. The summed E-state index contributed by atoms with van der Waals surface area (Å²) in [5.41, 5.74) is 1.04. The molecule has 2 aromatic rings. The highest BCUT2D eigenvalue weighted by Gasteiger charge is 2.13. The van der Waals surface area contributed by atoms with E-state index in [0.29, 0.717) is 23.2 Å².